The first kappa shape index (κ1) is 14.3. The van der Waals surface area contributed by atoms with Gasteiger partial charge in [0.05, 0.1) is 5.69 Å². The molecule has 1 unspecified atom stereocenters. The van der Waals surface area contributed by atoms with Gasteiger partial charge in [-0.2, -0.15) is 10.2 Å². The molecule has 0 spiro atoms. The van der Waals surface area contributed by atoms with Crippen molar-refractivity contribution in [2.45, 2.75) is 46.6 Å². The lowest BCUT2D eigenvalue weighted by molar-refractivity contribution is -0.119. The molecule has 0 aliphatic rings. The molecule has 1 amide bonds. The van der Waals surface area contributed by atoms with E-state index >= 15 is 0 Å². The zero-order chi connectivity index (χ0) is 14.7. The van der Waals surface area contributed by atoms with E-state index in [4.69, 9.17) is 0 Å². The largest absolute Gasteiger partial charge is 0.307 e. The number of aromatic amines is 1. The summed E-state index contributed by atoms with van der Waals surface area (Å²) in [4.78, 5) is 12.2. The van der Waals surface area contributed by atoms with Crippen LogP contribution in [0.1, 0.15) is 43.4 Å². The fourth-order valence-corrected chi connectivity index (χ4v) is 2.20. The molecule has 0 aromatic carbocycles. The summed E-state index contributed by atoms with van der Waals surface area (Å²) in [6.07, 6.45) is 1.97. The summed E-state index contributed by atoms with van der Waals surface area (Å²) in [6.45, 7) is 7.79. The third-order valence-corrected chi connectivity index (χ3v) is 3.19. The first-order valence-corrected chi connectivity index (χ1v) is 6.89. The highest BCUT2D eigenvalue weighted by atomic mass is 16.2. The molecular weight excluding hydrogens is 254 g/mol. The summed E-state index contributed by atoms with van der Waals surface area (Å²) in [5.41, 5.74) is 2.91. The molecule has 0 saturated heterocycles. The number of nitrogens with zero attached hydrogens (tertiary/aromatic N) is 3. The number of amides is 1. The van der Waals surface area contributed by atoms with E-state index in [1.54, 1.807) is 4.68 Å². The standard InChI is InChI=1S/C14H21N5O/c1-5-6-12-8-13(17-16-12)15-14(20)11(4)19-10(3)7-9(2)18-19/h7-8,11H,5-6H2,1-4H3,(H2,15,16,17,20). The molecule has 1 atom stereocenters. The number of carbonyl (C=O) groups is 1. The van der Waals surface area contributed by atoms with Gasteiger partial charge in [0.2, 0.25) is 5.91 Å². The quantitative estimate of drug-likeness (QED) is 0.879. The van der Waals surface area contributed by atoms with Crippen molar-refractivity contribution in [1.29, 1.82) is 0 Å². The van der Waals surface area contributed by atoms with Gasteiger partial charge in [-0.25, -0.2) is 0 Å². The van der Waals surface area contributed by atoms with Gasteiger partial charge in [-0.3, -0.25) is 14.6 Å². The molecular formula is C14H21N5O. The molecule has 0 bridgehead atoms. The third kappa shape index (κ3) is 3.07. The molecule has 0 saturated carbocycles. The molecule has 20 heavy (non-hydrogen) atoms. The Morgan fingerprint density at radius 3 is 2.80 bits per heavy atom. The maximum absolute atomic E-state index is 12.2. The van der Waals surface area contributed by atoms with Crippen LogP contribution in [0.2, 0.25) is 0 Å². The number of anilines is 1. The Labute approximate surface area is 118 Å². The highest BCUT2D eigenvalue weighted by Gasteiger charge is 2.18. The summed E-state index contributed by atoms with van der Waals surface area (Å²) in [6, 6.07) is 3.46. The number of hydrogen-bond acceptors (Lipinski definition) is 3. The van der Waals surface area contributed by atoms with E-state index in [-0.39, 0.29) is 11.9 Å². The molecule has 6 nitrogen and oxygen atoms in total. The summed E-state index contributed by atoms with van der Waals surface area (Å²) in [5.74, 6) is 0.442. The van der Waals surface area contributed by atoms with Gasteiger partial charge in [-0.05, 0) is 33.3 Å². The Kier molecular flexibility index (Phi) is 4.22. The summed E-state index contributed by atoms with van der Waals surface area (Å²) in [5, 5.41) is 14.2. The van der Waals surface area contributed by atoms with Crippen molar-refractivity contribution in [1.82, 2.24) is 20.0 Å². The van der Waals surface area contributed by atoms with Gasteiger partial charge in [0.15, 0.2) is 5.82 Å². The van der Waals surface area contributed by atoms with Gasteiger partial charge in [0, 0.05) is 17.5 Å². The van der Waals surface area contributed by atoms with E-state index < -0.39 is 0 Å². The van der Waals surface area contributed by atoms with Crippen molar-refractivity contribution in [3.8, 4) is 0 Å². The van der Waals surface area contributed by atoms with Crippen LogP contribution in [0.15, 0.2) is 12.1 Å². The Morgan fingerprint density at radius 2 is 2.20 bits per heavy atom. The predicted octanol–water partition coefficient (Wildman–Crippen LogP) is 2.38. The first-order valence-electron chi connectivity index (χ1n) is 6.89. The van der Waals surface area contributed by atoms with Crippen LogP contribution < -0.4 is 5.32 Å². The minimum absolute atomic E-state index is 0.120. The van der Waals surface area contributed by atoms with Crippen LogP contribution in [0, 0.1) is 13.8 Å². The molecule has 2 heterocycles. The number of aromatic nitrogens is 4. The van der Waals surface area contributed by atoms with Crippen molar-refractivity contribution >= 4 is 11.7 Å². The molecule has 2 aromatic heterocycles. The predicted molar refractivity (Wildman–Crippen MR) is 77.6 cm³/mol. The fourth-order valence-electron chi connectivity index (χ4n) is 2.20. The van der Waals surface area contributed by atoms with E-state index in [0.717, 1.165) is 29.9 Å². The van der Waals surface area contributed by atoms with Crippen molar-refractivity contribution in [2.24, 2.45) is 0 Å². The highest BCUT2D eigenvalue weighted by Crippen LogP contribution is 2.14. The van der Waals surface area contributed by atoms with Crippen molar-refractivity contribution in [3.05, 3.63) is 29.2 Å². The summed E-state index contributed by atoms with van der Waals surface area (Å²) >= 11 is 0. The molecule has 0 radical (unpaired) electrons. The monoisotopic (exact) mass is 275 g/mol. The van der Waals surface area contributed by atoms with Crippen LogP contribution >= 0.6 is 0 Å². The molecule has 2 N–H and O–H groups in total. The molecule has 2 rings (SSSR count). The van der Waals surface area contributed by atoms with Crippen LogP contribution in [0.25, 0.3) is 0 Å². The lowest BCUT2D eigenvalue weighted by Crippen LogP contribution is -2.25. The number of aryl methyl sites for hydroxylation is 3. The molecule has 6 heteroatoms. The van der Waals surface area contributed by atoms with E-state index in [1.807, 2.05) is 32.9 Å². The Balaban J connectivity index is 2.05. The van der Waals surface area contributed by atoms with Crippen LogP contribution in [0.3, 0.4) is 0 Å². The van der Waals surface area contributed by atoms with Gasteiger partial charge < -0.3 is 5.32 Å². The van der Waals surface area contributed by atoms with Gasteiger partial charge >= 0.3 is 0 Å². The second kappa shape index (κ2) is 5.90. The zero-order valence-electron chi connectivity index (χ0n) is 12.4. The first-order chi connectivity index (χ1) is 9.51. The van der Waals surface area contributed by atoms with Crippen LogP contribution in [-0.2, 0) is 11.2 Å². The Bertz CT molecular complexity index is 598. The number of carbonyl (C=O) groups excluding carboxylic acids is 1. The third-order valence-electron chi connectivity index (χ3n) is 3.19. The minimum Gasteiger partial charge on any atom is -0.307 e. The van der Waals surface area contributed by atoms with E-state index in [9.17, 15) is 4.79 Å². The second-order valence-corrected chi connectivity index (χ2v) is 5.07. The molecule has 0 fully saturated rings. The SMILES string of the molecule is CCCc1cc(NC(=O)C(C)n2nc(C)cc2C)n[nH]1. The smallest absolute Gasteiger partial charge is 0.250 e. The normalized spacial score (nSPS) is 12.4. The molecule has 2 aromatic rings. The number of H-pyrrole nitrogens is 1. The number of rotatable bonds is 5. The fraction of sp³-hybridized carbons (Fsp3) is 0.500. The average Bonchev–Trinajstić information content (AvgIpc) is 2.95. The van der Waals surface area contributed by atoms with Crippen molar-refractivity contribution < 1.29 is 4.79 Å². The lowest BCUT2D eigenvalue weighted by Gasteiger charge is -2.13. The minimum atomic E-state index is -0.366. The Morgan fingerprint density at radius 1 is 1.45 bits per heavy atom. The van der Waals surface area contributed by atoms with Gasteiger partial charge in [-0.1, -0.05) is 13.3 Å². The summed E-state index contributed by atoms with van der Waals surface area (Å²) in [7, 11) is 0. The highest BCUT2D eigenvalue weighted by molar-refractivity contribution is 5.92. The van der Waals surface area contributed by atoms with Crippen LogP contribution in [0.4, 0.5) is 5.82 Å². The van der Waals surface area contributed by atoms with Gasteiger partial charge in [-0.15, -0.1) is 0 Å². The van der Waals surface area contributed by atoms with E-state index in [0.29, 0.717) is 5.82 Å². The topological polar surface area (TPSA) is 75.6 Å². The molecule has 108 valence electrons. The lowest BCUT2D eigenvalue weighted by atomic mass is 10.2. The van der Waals surface area contributed by atoms with Gasteiger partial charge in [0.25, 0.3) is 0 Å². The van der Waals surface area contributed by atoms with Gasteiger partial charge in [0.1, 0.15) is 6.04 Å². The molecule has 0 aliphatic carbocycles. The molecule has 0 aliphatic heterocycles. The number of nitrogens with one attached hydrogen (secondary N) is 2. The van der Waals surface area contributed by atoms with Crippen LogP contribution in [0.5, 0.6) is 0 Å². The average molecular weight is 275 g/mol. The zero-order valence-corrected chi connectivity index (χ0v) is 12.4. The maximum atomic E-state index is 12.2. The summed E-state index contributed by atoms with van der Waals surface area (Å²) < 4.78 is 1.73. The van der Waals surface area contributed by atoms with Crippen molar-refractivity contribution in [2.75, 3.05) is 5.32 Å². The van der Waals surface area contributed by atoms with Crippen molar-refractivity contribution in [3.63, 3.8) is 0 Å². The Hall–Kier alpha value is -2.11. The van der Waals surface area contributed by atoms with E-state index in [1.165, 1.54) is 0 Å². The van der Waals surface area contributed by atoms with Crippen LogP contribution in [-0.4, -0.2) is 25.9 Å². The number of hydrogen-bond donors (Lipinski definition) is 2. The van der Waals surface area contributed by atoms with E-state index in [2.05, 4.69) is 27.5 Å². The second-order valence-electron chi connectivity index (χ2n) is 5.07. The maximum Gasteiger partial charge on any atom is 0.250 e.